The molecule has 4 rings (SSSR count). The van der Waals surface area contributed by atoms with Crippen molar-refractivity contribution in [2.24, 2.45) is 0 Å². The summed E-state index contributed by atoms with van der Waals surface area (Å²) in [5.74, 6) is -1.93. The number of benzene rings is 2. The van der Waals surface area contributed by atoms with Crippen molar-refractivity contribution >= 4 is 21.6 Å². The average molecular weight is 449 g/mol. The molecule has 0 spiro atoms. The van der Waals surface area contributed by atoms with Gasteiger partial charge in [-0.2, -0.15) is 13.2 Å². The van der Waals surface area contributed by atoms with Crippen molar-refractivity contribution in [2.45, 2.75) is 24.0 Å². The monoisotopic (exact) mass is 449 g/mol. The number of carbonyl (C=O) groups is 1. The van der Waals surface area contributed by atoms with Gasteiger partial charge in [0.25, 0.3) is 10.0 Å². The number of amides is 1. The number of alkyl halides is 3. The van der Waals surface area contributed by atoms with Gasteiger partial charge in [-0.1, -0.05) is 18.2 Å². The van der Waals surface area contributed by atoms with Gasteiger partial charge < -0.3 is 9.47 Å². The summed E-state index contributed by atoms with van der Waals surface area (Å²) in [6.07, 6.45) is -1.19. The highest BCUT2D eigenvalue weighted by atomic mass is 32.2. The molecule has 0 unspecified atom stereocenters. The molecule has 0 fully saturated rings. The standard InChI is InChI=1S/C21H18F3N3O3S/c22-21(23,24)20(28)27-12-9-15-7-8-17(13-16(15)14-27)31(29,30)25-18-5-1-2-6-19(18)26-10-3-4-11-26/h1-8,10-11,13,25H,9,12,14H2. The second-order valence-electron chi connectivity index (χ2n) is 7.12. The predicted octanol–water partition coefficient (Wildman–Crippen LogP) is 3.73. The van der Waals surface area contributed by atoms with Gasteiger partial charge in [0.05, 0.1) is 16.3 Å². The fourth-order valence-corrected chi connectivity index (χ4v) is 4.66. The summed E-state index contributed by atoms with van der Waals surface area (Å²) in [5, 5.41) is 0. The molecule has 0 radical (unpaired) electrons. The largest absolute Gasteiger partial charge is 0.471 e. The van der Waals surface area contributed by atoms with Crippen molar-refractivity contribution in [3.63, 3.8) is 0 Å². The Morgan fingerprint density at radius 3 is 2.39 bits per heavy atom. The van der Waals surface area contributed by atoms with E-state index in [1.807, 2.05) is 12.1 Å². The van der Waals surface area contributed by atoms with Crippen LogP contribution in [0.4, 0.5) is 18.9 Å². The van der Waals surface area contributed by atoms with Gasteiger partial charge in [0.1, 0.15) is 0 Å². The van der Waals surface area contributed by atoms with E-state index < -0.39 is 22.1 Å². The molecule has 162 valence electrons. The molecule has 1 aromatic heterocycles. The molecule has 0 bridgehead atoms. The lowest BCUT2D eigenvalue weighted by molar-refractivity contribution is -0.186. The lowest BCUT2D eigenvalue weighted by atomic mass is 10.00. The average Bonchev–Trinajstić information content (AvgIpc) is 3.26. The van der Waals surface area contributed by atoms with Crippen molar-refractivity contribution < 1.29 is 26.4 Å². The Balaban J connectivity index is 1.62. The molecule has 2 heterocycles. The van der Waals surface area contributed by atoms with E-state index in [4.69, 9.17) is 0 Å². The first-order valence-corrected chi connectivity index (χ1v) is 10.9. The number of hydrogen-bond donors (Lipinski definition) is 1. The fourth-order valence-electron chi connectivity index (χ4n) is 3.54. The van der Waals surface area contributed by atoms with Gasteiger partial charge in [0.2, 0.25) is 0 Å². The first-order chi connectivity index (χ1) is 14.6. The lowest BCUT2D eigenvalue weighted by Crippen LogP contribution is -2.43. The minimum atomic E-state index is -4.97. The molecule has 1 aliphatic heterocycles. The Hall–Kier alpha value is -3.27. The topological polar surface area (TPSA) is 71.4 Å². The summed E-state index contributed by atoms with van der Waals surface area (Å²) in [6.45, 7) is -0.364. The minimum absolute atomic E-state index is 0.0695. The van der Waals surface area contributed by atoms with Crippen LogP contribution in [-0.4, -0.2) is 36.5 Å². The number of nitrogens with one attached hydrogen (secondary N) is 1. The highest BCUT2D eigenvalue weighted by Crippen LogP contribution is 2.28. The number of hydrogen-bond acceptors (Lipinski definition) is 3. The van der Waals surface area contributed by atoms with Gasteiger partial charge in [0.15, 0.2) is 0 Å². The molecule has 0 saturated carbocycles. The van der Waals surface area contributed by atoms with Crippen LogP contribution >= 0.6 is 0 Å². The van der Waals surface area contributed by atoms with E-state index in [1.165, 1.54) is 12.1 Å². The maximum absolute atomic E-state index is 13.0. The first-order valence-electron chi connectivity index (χ1n) is 9.38. The SMILES string of the molecule is O=C(N1CCc2ccc(S(=O)(=O)Nc3ccccc3-n3cccc3)cc2C1)C(F)(F)F. The zero-order chi connectivity index (χ0) is 22.2. The summed E-state index contributed by atoms with van der Waals surface area (Å²) in [4.78, 5) is 12.2. The number of aromatic nitrogens is 1. The molecular formula is C21H18F3N3O3S. The van der Waals surface area contributed by atoms with Crippen molar-refractivity contribution in [1.82, 2.24) is 9.47 Å². The second kappa shape index (κ2) is 7.77. The van der Waals surface area contributed by atoms with Crippen molar-refractivity contribution in [1.29, 1.82) is 0 Å². The third-order valence-corrected chi connectivity index (χ3v) is 6.42. The van der Waals surface area contributed by atoms with Crippen LogP contribution in [-0.2, 0) is 27.8 Å². The summed E-state index contributed by atoms with van der Waals surface area (Å²) in [5.41, 5.74) is 2.07. The predicted molar refractivity (Wildman–Crippen MR) is 108 cm³/mol. The Kier molecular flexibility index (Phi) is 5.26. The molecule has 1 amide bonds. The number of fused-ring (bicyclic) bond motifs is 1. The van der Waals surface area contributed by atoms with Gasteiger partial charge in [-0.15, -0.1) is 0 Å². The van der Waals surface area contributed by atoms with Crippen LogP contribution in [0.15, 0.2) is 71.9 Å². The molecule has 3 aromatic rings. The zero-order valence-electron chi connectivity index (χ0n) is 16.1. The molecule has 10 heteroatoms. The Morgan fingerprint density at radius 1 is 0.968 bits per heavy atom. The van der Waals surface area contributed by atoms with Gasteiger partial charge in [-0.3, -0.25) is 9.52 Å². The van der Waals surface area contributed by atoms with Crippen LogP contribution in [0.25, 0.3) is 5.69 Å². The number of rotatable bonds is 4. The third-order valence-electron chi connectivity index (χ3n) is 5.06. The molecule has 1 N–H and O–H groups in total. The van der Waals surface area contributed by atoms with E-state index in [9.17, 15) is 26.4 Å². The number of para-hydroxylation sites is 2. The van der Waals surface area contributed by atoms with E-state index in [0.717, 1.165) is 5.56 Å². The normalized spacial score (nSPS) is 14.2. The van der Waals surface area contributed by atoms with E-state index in [1.54, 1.807) is 47.3 Å². The van der Waals surface area contributed by atoms with Crippen LogP contribution in [0.3, 0.4) is 0 Å². The molecule has 1 aliphatic rings. The van der Waals surface area contributed by atoms with E-state index >= 15 is 0 Å². The van der Waals surface area contributed by atoms with Crippen LogP contribution in [0.1, 0.15) is 11.1 Å². The first kappa shape index (κ1) is 21.0. The Bertz CT molecular complexity index is 1220. The molecule has 0 atom stereocenters. The van der Waals surface area contributed by atoms with E-state index in [2.05, 4.69) is 4.72 Å². The summed E-state index contributed by atoms with van der Waals surface area (Å²) in [6, 6.07) is 14.8. The lowest BCUT2D eigenvalue weighted by Gasteiger charge is -2.29. The number of anilines is 1. The zero-order valence-corrected chi connectivity index (χ0v) is 16.9. The van der Waals surface area contributed by atoms with Gasteiger partial charge in [-0.05, 0) is 53.9 Å². The summed E-state index contributed by atoms with van der Waals surface area (Å²) in [7, 11) is -4.02. The third kappa shape index (κ3) is 4.29. The van der Waals surface area contributed by atoms with Crippen LogP contribution < -0.4 is 4.72 Å². The highest BCUT2D eigenvalue weighted by molar-refractivity contribution is 7.92. The van der Waals surface area contributed by atoms with Crippen LogP contribution in [0, 0.1) is 0 Å². The molecule has 0 aliphatic carbocycles. The smallest absolute Gasteiger partial charge is 0.330 e. The van der Waals surface area contributed by atoms with Crippen LogP contribution in [0.2, 0.25) is 0 Å². The van der Waals surface area contributed by atoms with Gasteiger partial charge in [-0.25, -0.2) is 8.42 Å². The maximum Gasteiger partial charge on any atom is 0.471 e. The molecular weight excluding hydrogens is 431 g/mol. The fraction of sp³-hybridized carbons (Fsp3) is 0.190. The van der Waals surface area contributed by atoms with E-state index in [0.29, 0.717) is 21.8 Å². The quantitative estimate of drug-likeness (QED) is 0.660. The summed E-state index contributed by atoms with van der Waals surface area (Å²) < 4.78 is 68.6. The maximum atomic E-state index is 13.0. The van der Waals surface area contributed by atoms with Crippen molar-refractivity contribution in [3.05, 3.63) is 78.1 Å². The number of nitrogens with zero attached hydrogens (tertiary/aromatic N) is 2. The van der Waals surface area contributed by atoms with Gasteiger partial charge in [0, 0.05) is 25.5 Å². The van der Waals surface area contributed by atoms with Gasteiger partial charge >= 0.3 is 12.1 Å². The van der Waals surface area contributed by atoms with Crippen LogP contribution in [0.5, 0.6) is 0 Å². The number of halogens is 3. The van der Waals surface area contributed by atoms with Crippen molar-refractivity contribution in [2.75, 3.05) is 11.3 Å². The number of carbonyl (C=O) groups excluding carboxylic acids is 1. The molecule has 0 saturated heterocycles. The highest BCUT2D eigenvalue weighted by Gasteiger charge is 2.43. The second-order valence-corrected chi connectivity index (χ2v) is 8.80. The van der Waals surface area contributed by atoms with Crippen molar-refractivity contribution in [3.8, 4) is 5.69 Å². The minimum Gasteiger partial charge on any atom is -0.330 e. The summed E-state index contributed by atoms with van der Waals surface area (Å²) >= 11 is 0. The Labute approximate surface area is 177 Å². The molecule has 2 aromatic carbocycles. The Morgan fingerprint density at radius 2 is 1.68 bits per heavy atom. The molecule has 6 nitrogen and oxygen atoms in total. The molecule has 31 heavy (non-hydrogen) atoms. The number of sulfonamides is 1. The van der Waals surface area contributed by atoms with E-state index in [-0.39, 0.29) is 24.4 Å².